The lowest BCUT2D eigenvalue weighted by Gasteiger charge is -2.06. The third-order valence-electron chi connectivity index (χ3n) is 4.15. The quantitative estimate of drug-likeness (QED) is 0.293. The van der Waals surface area contributed by atoms with Crippen LogP contribution in [0.5, 0.6) is 0 Å². The Morgan fingerprint density at radius 2 is 1.72 bits per heavy atom. The van der Waals surface area contributed by atoms with Gasteiger partial charge < -0.3 is 4.79 Å². The van der Waals surface area contributed by atoms with Crippen molar-refractivity contribution in [1.29, 1.82) is 0 Å². The molecular formula is C19H21ClO4S. The molecule has 6 heteroatoms. The smallest absolute Gasteiger partial charge is 0.171 e. The van der Waals surface area contributed by atoms with Crippen molar-refractivity contribution in [3.63, 3.8) is 0 Å². The molecule has 4 nitrogen and oxygen atoms in total. The molecule has 0 atom stereocenters. The molecular weight excluding hydrogens is 360 g/mol. The summed E-state index contributed by atoms with van der Waals surface area (Å²) >= 11 is 7.35. The molecule has 1 aromatic carbocycles. The summed E-state index contributed by atoms with van der Waals surface area (Å²) in [4.78, 5) is 44.7. The highest BCUT2D eigenvalue weighted by Gasteiger charge is 2.31. The maximum absolute atomic E-state index is 12.0. The van der Waals surface area contributed by atoms with E-state index in [4.69, 9.17) is 11.6 Å². The van der Waals surface area contributed by atoms with E-state index < -0.39 is 0 Å². The van der Waals surface area contributed by atoms with Gasteiger partial charge in [-0.15, -0.1) is 11.8 Å². The zero-order valence-corrected chi connectivity index (χ0v) is 15.7. The van der Waals surface area contributed by atoms with Gasteiger partial charge in [0.2, 0.25) is 0 Å². The Balaban J connectivity index is 0.000000236. The van der Waals surface area contributed by atoms with Gasteiger partial charge in [-0.3, -0.25) is 14.4 Å². The van der Waals surface area contributed by atoms with Crippen LogP contribution in [0.2, 0.25) is 5.02 Å². The van der Waals surface area contributed by atoms with Gasteiger partial charge in [-0.1, -0.05) is 11.6 Å². The van der Waals surface area contributed by atoms with Crippen LogP contribution in [0.25, 0.3) is 0 Å². The van der Waals surface area contributed by atoms with Crippen LogP contribution in [-0.2, 0) is 14.4 Å². The normalized spacial score (nSPS) is 15.8. The van der Waals surface area contributed by atoms with Crippen molar-refractivity contribution in [2.24, 2.45) is 11.8 Å². The summed E-state index contributed by atoms with van der Waals surface area (Å²) in [5.74, 6) is 0.504. The molecule has 2 saturated carbocycles. The minimum atomic E-state index is -0.0945. The second-order valence-electron chi connectivity index (χ2n) is 6.30. The summed E-state index contributed by atoms with van der Waals surface area (Å²) in [6.45, 7) is 0. The van der Waals surface area contributed by atoms with Gasteiger partial charge in [-0.05, 0) is 50.1 Å². The molecule has 3 rings (SSSR count). The summed E-state index contributed by atoms with van der Waals surface area (Å²) in [6.07, 6.45) is 6.64. The van der Waals surface area contributed by atoms with E-state index in [1.807, 2.05) is 6.26 Å². The summed E-state index contributed by atoms with van der Waals surface area (Å²) in [5, 5.41) is 0.611. The number of hydrogen-bond acceptors (Lipinski definition) is 5. The number of halogens is 1. The van der Waals surface area contributed by atoms with Crippen LogP contribution < -0.4 is 0 Å². The first-order chi connectivity index (χ1) is 12.0. The summed E-state index contributed by atoms with van der Waals surface area (Å²) < 4.78 is 0. The summed E-state index contributed by atoms with van der Waals surface area (Å²) in [6, 6.07) is 5.16. The van der Waals surface area contributed by atoms with Crippen LogP contribution in [-0.4, -0.2) is 29.9 Å². The van der Waals surface area contributed by atoms with E-state index in [-0.39, 0.29) is 42.0 Å². The van der Waals surface area contributed by atoms with Crippen LogP contribution in [0.4, 0.5) is 0 Å². The van der Waals surface area contributed by atoms with E-state index in [0.717, 1.165) is 30.6 Å². The van der Waals surface area contributed by atoms with Crippen molar-refractivity contribution >= 4 is 47.0 Å². The van der Waals surface area contributed by atoms with Gasteiger partial charge in [0.05, 0.1) is 12.8 Å². The second-order valence-corrected chi connectivity index (χ2v) is 7.58. The van der Waals surface area contributed by atoms with E-state index in [0.29, 0.717) is 16.9 Å². The van der Waals surface area contributed by atoms with Gasteiger partial charge in [-0.25, -0.2) is 0 Å². The van der Waals surface area contributed by atoms with Crippen molar-refractivity contribution in [2.45, 2.75) is 43.4 Å². The first kappa shape index (κ1) is 19.9. The maximum atomic E-state index is 12.0. The highest BCUT2D eigenvalue weighted by Crippen LogP contribution is 2.32. The van der Waals surface area contributed by atoms with E-state index >= 15 is 0 Å². The molecule has 0 saturated heterocycles. The van der Waals surface area contributed by atoms with E-state index in [9.17, 15) is 19.2 Å². The van der Waals surface area contributed by atoms with E-state index in [1.54, 1.807) is 18.2 Å². The Morgan fingerprint density at radius 1 is 1.12 bits per heavy atom. The lowest BCUT2D eigenvalue weighted by molar-refractivity contribution is -0.123. The molecule has 0 heterocycles. The third kappa shape index (κ3) is 6.40. The maximum Gasteiger partial charge on any atom is 0.171 e. The lowest BCUT2D eigenvalue weighted by atomic mass is 10.0. The van der Waals surface area contributed by atoms with Gasteiger partial charge in [0.1, 0.15) is 17.9 Å². The molecule has 2 aliphatic rings. The van der Waals surface area contributed by atoms with Crippen LogP contribution in [0.3, 0.4) is 0 Å². The average molecular weight is 381 g/mol. The molecule has 134 valence electrons. The Hall–Kier alpha value is -1.46. The molecule has 0 bridgehead atoms. The fourth-order valence-electron chi connectivity index (χ4n) is 2.35. The van der Waals surface area contributed by atoms with Crippen molar-refractivity contribution in [3.8, 4) is 0 Å². The predicted molar refractivity (Wildman–Crippen MR) is 98.3 cm³/mol. The Labute approximate surface area is 156 Å². The Bertz CT molecular complexity index is 678. The molecule has 1 aromatic rings. The third-order valence-corrected chi connectivity index (χ3v) is 5.16. The number of benzene rings is 1. The van der Waals surface area contributed by atoms with Crippen molar-refractivity contribution < 1.29 is 19.2 Å². The topological polar surface area (TPSA) is 68.3 Å². The molecule has 0 radical (unpaired) electrons. The first-order valence-electron chi connectivity index (χ1n) is 8.32. The Kier molecular flexibility index (Phi) is 7.38. The van der Waals surface area contributed by atoms with Gasteiger partial charge in [0, 0.05) is 27.3 Å². The van der Waals surface area contributed by atoms with Crippen LogP contribution in [0.15, 0.2) is 23.1 Å². The molecule has 2 fully saturated rings. The molecule has 0 aromatic heterocycles. The minimum absolute atomic E-state index is 0.0276. The summed E-state index contributed by atoms with van der Waals surface area (Å²) in [5.41, 5.74) is 0.607. The Morgan fingerprint density at radius 3 is 2.24 bits per heavy atom. The number of rotatable bonds is 8. The fraction of sp³-hybridized carbons (Fsp3) is 0.474. The molecule has 0 N–H and O–H groups in total. The minimum Gasteiger partial charge on any atom is -0.303 e. The number of ketones is 3. The van der Waals surface area contributed by atoms with Gasteiger partial charge in [-0.2, -0.15) is 0 Å². The highest BCUT2D eigenvalue weighted by molar-refractivity contribution is 7.98. The van der Waals surface area contributed by atoms with Gasteiger partial charge >= 0.3 is 0 Å². The molecule has 0 spiro atoms. The summed E-state index contributed by atoms with van der Waals surface area (Å²) in [7, 11) is 0. The standard InChI is InChI=1S/C13H13ClO2S.C6H8O2/c1-17-13-6-9(14)4-5-10(13)12(16)7-11(15)8-2-3-8;7-4-3-6(8)5-1-2-5/h4-6,8H,2-3,7H2,1H3;4-5H,1-3H2. The van der Waals surface area contributed by atoms with E-state index in [1.165, 1.54) is 11.8 Å². The largest absolute Gasteiger partial charge is 0.303 e. The number of carbonyl (C=O) groups excluding carboxylic acids is 4. The zero-order chi connectivity index (χ0) is 18.4. The lowest BCUT2D eigenvalue weighted by Crippen LogP contribution is -2.10. The van der Waals surface area contributed by atoms with Crippen LogP contribution >= 0.6 is 23.4 Å². The number of hydrogen-bond donors (Lipinski definition) is 0. The van der Waals surface area contributed by atoms with Crippen LogP contribution in [0.1, 0.15) is 48.9 Å². The highest BCUT2D eigenvalue weighted by atomic mass is 35.5. The monoisotopic (exact) mass is 380 g/mol. The average Bonchev–Trinajstić information content (AvgIpc) is 3.48. The predicted octanol–water partition coefficient (Wildman–Crippen LogP) is 4.17. The fourth-order valence-corrected chi connectivity index (χ4v) is 3.24. The van der Waals surface area contributed by atoms with Crippen LogP contribution in [0, 0.1) is 11.8 Å². The van der Waals surface area contributed by atoms with E-state index in [2.05, 4.69) is 0 Å². The number of aldehydes is 1. The van der Waals surface area contributed by atoms with Gasteiger partial charge in [0.15, 0.2) is 5.78 Å². The van der Waals surface area contributed by atoms with Gasteiger partial charge in [0.25, 0.3) is 0 Å². The van der Waals surface area contributed by atoms with Crippen molar-refractivity contribution in [3.05, 3.63) is 28.8 Å². The molecule has 0 unspecified atom stereocenters. The SMILES string of the molecule is CSc1cc(Cl)ccc1C(=O)CC(=O)C1CC1.O=CCC(=O)C1CC1. The number of Topliss-reactive ketones (excluding diaryl/α,β-unsaturated/α-hetero) is 3. The van der Waals surface area contributed by atoms with Crippen molar-refractivity contribution in [1.82, 2.24) is 0 Å². The molecule has 0 amide bonds. The van der Waals surface area contributed by atoms with Crippen molar-refractivity contribution in [2.75, 3.05) is 6.26 Å². The second kappa shape index (κ2) is 9.30. The zero-order valence-electron chi connectivity index (χ0n) is 14.1. The molecule has 0 aliphatic heterocycles. The number of carbonyl (C=O) groups is 4. The first-order valence-corrected chi connectivity index (χ1v) is 9.92. The number of thioether (sulfide) groups is 1. The molecule has 2 aliphatic carbocycles. The molecule has 25 heavy (non-hydrogen) atoms.